The Labute approximate surface area is 140 Å². The highest BCUT2D eigenvalue weighted by Crippen LogP contribution is 2.18. The van der Waals surface area contributed by atoms with Crippen molar-refractivity contribution in [3.63, 3.8) is 0 Å². The molecule has 0 aromatic heterocycles. The summed E-state index contributed by atoms with van der Waals surface area (Å²) in [6.45, 7) is 2.10. The Morgan fingerprint density at radius 1 is 0.955 bits per heavy atom. The monoisotopic (exact) mass is 323 g/mol. The van der Waals surface area contributed by atoms with E-state index in [-0.39, 0.29) is 0 Å². The first-order valence-corrected chi connectivity index (χ1v) is 8.58. The number of rotatable bonds is 4. The number of fused-ring (bicyclic) bond motifs is 1. The van der Waals surface area contributed by atoms with E-state index in [0.29, 0.717) is 0 Å². The molecule has 1 nitrogen and oxygen atoms in total. The van der Waals surface area contributed by atoms with Gasteiger partial charge < -0.3 is 5.32 Å². The van der Waals surface area contributed by atoms with Crippen LogP contribution in [0.15, 0.2) is 71.6 Å². The lowest BCUT2D eigenvalue weighted by Crippen LogP contribution is -2.21. The molecule has 0 aliphatic carbocycles. The third-order valence-corrected chi connectivity index (χ3v) is 4.78. The largest absolute Gasteiger partial charge is 0.366 e. The lowest BCUT2D eigenvalue weighted by atomic mass is 10.1. The van der Waals surface area contributed by atoms with E-state index in [1.165, 1.54) is 21.2 Å². The van der Waals surface area contributed by atoms with Gasteiger partial charge in [-0.25, -0.2) is 0 Å². The molecule has 0 fully saturated rings. The van der Waals surface area contributed by atoms with Crippen molar-refractivity contribution < 1.29 is 0 Å². The second kappa shape index (κ2) is 6.95. The molecule has 0 heterocycles. The lowest BCUT2D eigenvalue weighted by Gasteiger charge is -2.09. The van der Waals surface area contributed by atoms with Crippen LogP contribution in [0, 0.1) is 6.92 Å². The van der Waals surface area contributed by atoms with Gasteiger partial charge in [-0.2, -0.15) is 0 Å². The Kier molecular flexibility index (Phi) is 4.76. The van der Waals surface area contributed by atoms with E-state index in [1.54, 1.807) is 11.8 Å². The molecule has 0 saturated heterocycles. The van der Waals surface area contributed by atoms with Gasteiger partial charge in [0, 0.05) is 10.5 Å². The van der Waals surface area contributed by atoms with E-state index in [2.05, 4.69) is 79.0 Å². The molecule has 22 heavy (non-hydrogen) atoms. The summed E-state index contributed by atoms with van der Waals surface area (Å²) in [5.74, 6) is 0.773. The highest BCUT2D eigenvalue weighted by Gasteiger charge is 2.02. The SMILES string of the molecule is Cc1ccc(SCNC(=S)c2ccc3ccccc3c2)cc1. The van der Waals surface area contributed by atoms with Crippen molar-refractivity contribution in [2.75, 3.05) is 5.88 Å². The van der Waals surface area contributed by atoms with Crippen molar-refractivity contribution in [3.8, 4) is 0 Å². The summed E-state index contributed by atoms with van der Waals surface area (Å²) in [5.41, 5.74) is 2.35. The highest BCUT2D eigenvalue weighted by molar-refractivity contribution is 7.99. The molecule has 3 aromatic carbocycles. The van der Waals surface area contributed by atoms with E-state index in [1.807, 2.05) is 0 Å². The third-order valence-electron chi connectivity index (χ3n) is 3.50. The maximum Gasteiger partial charge on any atom is 0.107 e. The van der Waals surface area contributed by atoms with Crippen LogP contribution in [0.1, 0.15) is 11.1 Å². The predicted octanol–water partition coefficient (Wildman–Crippen LogP) is 5.16. The second-order valence-corrected chi connectivity index (χ2v) is 6.63. The highest BCUT2D eigenvalue weighted by atomic mass is 32.2. The molecule has 0 aliphatic rings. The Balaban J connectivity index is 1.62. The summed E-state index contributed by atoms with van der Waals surface area (Å²) in [7, 11) is 0. The van der Waals surface area contributed by atoms with E-state index < -0.39 is 0 Å². The molecule has 0 spiro atoms. The topological polar surface area (TPSA) is 12.0 Å². The van der Waals surface area contributed by atoms with Crippen molar-refractivity contribution in [2.24, 2.45) is 0 Å². The summed E-state index contributed by atoms with van der Waals surface area (Å²) in [5, 5.41) is 5.78. The fraction of sp³-hybridized carbons (Fsp3) is 0.105. The summed E-state index contributed by atoms with van der Waals surface area (Å²) in [4.78, 5) is 2.05. The quantitative estimate of drug-likeness (QED) is 0.404. The summed E-state index contributed by atoms with van der Waals surface area (Å²) in [6.07, 6.45) is 0. The minimum Gasteiger partial charge on any atom is -0.366 e. The molecule has 0 unspecified atom stereocenters. The molecule has 0 aliphatic heterocycles. The number of nitrogens with one attached hydrogen (secondary N) is 1. The maximum absolute atomic E-state index is 5.50. The average Bonchev–Trinajstić information content (AvgIpc) is 2.56. The van der Waals surface area contributed by atoms with Gasteiger partial charge in [0.25, 0.3) is 0 Å². The zero-order chi connectivity index (χ0) is 15.4. The molecule has 0 bridgehead atoms. The molecule has 3 heteroatoms. The molecular formula is C19H17NS2. The van der Waals surface area contributed by atoms with Crippen LogP contribution in [0.4, 0.5) is 0 Å². The van der Waals surface area contributed by atoms with Crippen molar-refractivity contribution in [1.82, 2.24) is 5.32 Å². The van der Waals surface area contributed by atoms with Gasteiger partial charge in [-0.1, -0.05) is 66.3 Å². The van der Waals surface area contributed by atoms with Gasteiger partial charge in [0.05, 0.1) is 5.88 Å². The summed E-state index contributed by atoms with van der Waals surface area (Å²) >= 11 is 7.25. The van der Waals surface area contributed by atoms with Crippen molar-refractivity contribution >= 4 is 39.7 Å². The van der Waals surface area contributed by atoms with Gasteiger partial charge >= 0.3 is 0 Å². The molecular weight excluding hydrogens is 306 g/mol. The fourth-order valence-electron chi connectivity index (χ4n) is 2.25. The van der Waals surface area contributed by atoms with Crippen molar-refractivity contribution in [2.45, 2.75) is 11.8 Å². The van der Waals surface area contributed by atoms with Gasteiger partial charge in [0.1, 0.15) is 4.99 Å². The zero-order valence-electron chi connectivity index (χ0n) is 12.4. The van der Waals surface area contributed by atoms with Crippen LogP contribution in [0.5, 0.6) is 0 Å². The summed E-state index contributed by atoms with van der Waals surface area (Å²) < 4.78 is 0. The first kappa shape index (κ1) is 15.1. The number of thioether (sulfide) groups is 1. The molecule has 1 N–H and O–H groups in total. The summed E-state index contributed by atoms with van der Waals surface area (Å²) in [6, 6.07) is 23.2. The Morgan fingerprint density at radius 2 is 1.68 bits per heavy atom. The van der Waals surface area contributed by atoms with Crippen molar-refractivity contribution in [3.05, 3.63) is 77.9 Å². The van der Waals surface area contributed by atoms with Gasteiger partial charge in [0.2, 0.25) is 0 Å². The van der Waals surface area contributed by atoms with Crippen LogP contribution in [0.3, 0.4) is 0 Å². The zero-order valence-corrected chi connectivity index (χ0v) is 14.0. The molecule has 3 aromatic rings. The van der Waals surface area contributed by atoms with E-state index in [4.69, 9.17) is 12.2 Å². The lowest BCUT2D eigenvalue weighted by molar-refractivity contribution is 1.15. The van der Waals surface area contributed by atoms with Crippen LogP contribution >= 0.6 is 24.0 Å². The van der Waals surface area contributed by atoms with Gasteiger partial charge in [-0.3, -0.25) is 0 Å². The van der Waals surface area contributed by atoms with Gasteiger partial charge in [0.15, 0.2) is 0 Å². The molecule has 0 radical (unpaired) electrons. The normalized spacial score (nSPS) is 10.6. The third kappa shape index (κ3) is 3.67. The van der Waals surface area contributed by atoms with Gasteiger partial charge in [-0.05, 0) is 35.9 Å². The number of aryl methyl sites for hydroxylation is 1. The van der Waals surface area contributed by atoms with Crippen LogP contribution in [0.25, 0.3) is 10.8 Å². The Bertz CT molecular complexity index is 794. The Hall–Kier alpha value is -1.84. The number of benzene rings is 3. The molecule has 0 amide bonds. The number of hydrogen-bond donors (Lipinski definition) is 1. The van der Waals surface area contributed by atoms with Crippen LogP contribution in [-0.2, 0) is 0 Å². The average molecular weight is 323 g/mol. The second-order valence-electron chi connectivity index (χ2n) is 5.17. The molecule has 3 rings (SSSR count). The van der Waals surface area contributed by atoms with E-state index in [9.17, 15) is 0 Å². The molecule has 110 valence electrons. The molecule has 0 atom stereocenters. The van der Waals surface area contributed by atoms with Crippen LogP contribution < -0.4 is 5.32 Å². The van der Waals surface area contributed by atoms with Gasteiger partial charge in [-0.15, -0.1) is 11.8 Å². The molecule has 0 saturated carbocycles. The predicted molar refractivity (Wildman–Crippen MR) is 101 cm³/mol. The smallest absolute Gasteiger partial charge is 0.107 e. The minimum atomic E-state index is 0.773. The number of hydrogen-bond acceptors (Lipinski definition) is 2. The van der Waals surface area contributed by atoms with Crippen LogP contribution in [0.2, 0.25) is 0 Å². The standard InChI is InChI=1S/C19H17NS2/c1-14-6-10-18(11-7-14)22-13-20-19(21)17-9-8-15-4-2-3-5-16(15)12-17/h2-12H,13H2,1H3,(H,20,21). The van der Waals surface area contributed by atoms with Crippen LogP contribution in [-0.4, -0.2) is 10.9 Å². The first-order valence-electron chi connectivity index (χ1n) is 7.19. The number of thiocarbonyl (C=S) groups is 1. The van der Waals surface area contributed by atoms with E-state index >= 15 is 0 Å². The van der Waals surface area contributed by atoms with E-state index in [0.717, 1.165) is 16.4 Å². The minimum absolute atomic E-state index is 0.773. The first-order chi connectivity index (χ1) is 10.7. The van der Waals surface area contributed by atoms with Crippen molar-refractivity contribution in [1.29, 1.82) is 0 Å². The maximum atomic E-state index is 5.50. The fourth-order valence-corrected chi connectivity index (χ4v) is 3.25. The Morgan fingerprint density at radius 3 is 2.45 bits per heavy atom.